The predicted molar refractivity (Wildman–Crippen MR) is 57.2 cm³/mol. The molecule has 0 saturated heterocycles. The number of hydrogen-bond acceptors (Lipinski definition) is 3. The molecule has 1 fully saturated rings. The van der Waals surface area contributed by atoms with Crippen LogP contribution < -0.4 is 5.32 Å². The van der Waals surface area contributed by atoms with Crippen molar-refractivity contribution in [3.63, 3.8) is 0 Å². The van der Waals surface area contributed by atoms with Gasteiger partial charge in [0.2, 0.25) is 0 Å². The maximum absolute atomic E-state index is 5.34. The summed E-state index contributed by atoms with van der Waals surface area (Å²) in [6.07, 6.45) is 5.22. The fraction of sp³-hybridized carbons (Fsp3) is 1.00. The summed E-state index contributed by atoms with van der Waals surface area (Å²) >= 11 is 0. The van der Waals surface area contributed by atoms with Crippen molar-refractivity contribution < 1.29 is 9.47 Å². The van der Waals surface area contributed by atoms with Gasteiger partial charge in [-0.05, 0) is 25.3 Å². The minimum atomic E-state index is -0.0990. The highest BCUT2D eigenvalue weighted by atomic mass is 16.7. The lowest BCUT2D eigenvalue weighted by molar-refractivity contribution is -0.132. The van der Waals surface area contributed by atoms with Crippen molar-refractivity contribution >= 4 is 0 Å². The molecule has 84 valence electrons. The molecule has 0 aliphatic heterocycles. The third-order valence-electron chi connectivity index (χ3n) is 3.11. The van der Waals surface area contributed by atoms with Gasteiger partial charge in [0, 0.05) is 14.2 Å². The molecule has 0 aromatic carbocycles. The normalized spacial score (nSPS) is 20.6. The molecule has 0 radical (unpaired) electrons. The zero-order valence-electron chi connectivity index (χ0n) is 9.58. The van der Waals surface area contributed by atoms with Gasteiger partial charge in [0.1, 0.15) is 0 Å². The van der Waals surface area contributed by atoms with E-state index in [1.54, 1.807) is 14.2 Å². The fourth-order valence-corrected chi connectivity index (χ4v) is 2.43. The minimum Gasteiger partial charge on any atom is -0.354 e. The SMILES string of the molecule is CCNC(C1CCCC1)C(OC)OC. The van der Waals surface area contributed by atoms with Crippen molar-refractivity contribution in [1.29, 1.82) is 0 Å². The van der Waals surface area contributed by atoms with Crippen LogP contribution in [0.25, 0.3) is 0 Å². The lowest BCUT2D eigenvalue weighted by Gasteiger charge is -2.30. The van der Waals surface area contributed by atoms with E-state index in [2.05, 4.69) is 12.2 Å². The molecule has 1 unspecified atom stereocenters. The molecule has 14 heavy (non-hydrogen) atoms. The molecular weight excluding hydrogens is 178 g/mol. The Hall–Kier alpha value is -0.120. The Morgan fingerprint density at radius 2 is 1.79 bits per heavy atom. The molecule has 1 rings (SSSR count). The highest BCUT2D eigenvalue weighted by Crippen LogP contribution is 2.29. The summed E-state index contributed by atoms with van der Waals surface area (Å²) in [5, 5.41) is 3.48. The van der Waals surface area contributed by atoms with Crippen LogP contribution in [0.3, 0.4) is 0 Å². The van der Waals surface area contributed by atoms with Gasteiger partial charge in [-0.15, -0.1) is 0 Å². The van der Waals surface area contributed by atoms with Crippen molar-refractivity contribution in [3.05, 3.63) is 0 Å². The number of nitrogens with one attached hydrogen (secondary N) is 1. The van der Waals surface area contributed by atoms with E-state index in [9.17, 15) is 0 Å². The Morgan fingerprint density at radius 3 is 2.21 bits per heavy atom. The third kappa shape index (κ3) is 2.94. The van der Waals surface area contributed by atoms with Crippen LogP contribution in [0.1, 0.15) is 32.6 Å². The topological polar surface area (TPSA) is 30.5 Å². The highest BCUT2D eigenvalue weighted by molar-refractivity contribution is 4.82. The van der Waals surface area contributed by atoms with Gasteiger partial charge in [0.25, 0.3) is 0 Å². The molecule has 0 aromatic heterocycles. The molecule has 0 amide bonds. The number of methoxy groups -OCH3 is 2. The fourth-order valence-electron chi connectivity index (χ4n) is 2.43. The van der Waals surface area contributed by atoms with Crippen molar-refractivity contribution in [1.82, 2.24) is 5.32 Å². The van der Waals surface area contributed by atoms with Gasteiger partial charge < -0.3 is 14.8 Å². The summed E-state index contributed by atoms with van der Waals surface area (Å²) in [5.74, 6) is 0.722. The summed E-state index contributed by atoms with van der Waals surface area (Å²) in [5.41, 5.74) is 0. The molecule has 0 aromatic rings. The van der Waals surface area contributed by atoms with E-state index < -0.39 is 0 Å². The van der Waals surface area contributed by atoms with Crippen LogP contribution in [0.15, 0.2) is 0 Å². The van der Waals surface area contributed by atoms with E-state index in [0.29, 0.717) is 6.04 Å². The lowest BCUT2D eigenvalue weighted by atomic mass is 9.97. The van der Waals surface area contributed by atoms with Crippen molar-refractivity contribution in [2.45, 2.75) is 44.9 Å². The van der Waals surface area contributed by atoms with Gasteiger partial charge in [0.15, 0.2) is 6.29 Å². The molecule has 1 aliphatic rings. The van der Waals surface area contributed by atoms with Crippen LogP contribution in [0.2, 0.25) is 0 Å². The smallest absolute Gasteiger partial charge is 0.172 e. The molecule has 3 nitrogen and oxygen atoms in total. The number of rotatable bonds is 6. The van der Waals surface area contributed by atoms with E-state index >= 15 is 0 Å². The molecular formula is C11H23NO2. The monoisotopic (exact) mass is 201 g/mol. The minimum absolute atomic E-state index is 0.0990. The van der Waals surface area contributed by atoms with Crippen LogP contribution >= 0.6 is 0 Å². The van der Waals surface area contributed by atoms with E-state index in [-0.39, 0.29) is 6.29 Å². The molecule has 0 heterocycles. The third-order valence-corrected chi connectivity index (χ3v) is 3.11. The molecule has 1 atom stereocenters. The van der Waals surface area contributed by atoms with Crippen LogP contribution in [-0.4, -0.2) is 33.1 Å². The Balaban J connectivity index is 2.51. The summed E-state index contributed by atoms with van der Waals surface area (Å²) in [4.78, 5) is 0. The van der Waals surface area contributed by atoms with Gasteiger partial charge >= 0.3 is 0 Å². The van der Waals surface area contributed by atoms with E-state index in [4.69, 9.17) is 9.47 Å². The van der Waals surface area contributed by atoms with Gasteiger partial charge in [-0.2, -0.15) is 0 Å². The first-order valence-electron chi connectivity index (χ1n) is 5.62. The number of likely N-dealkylation sites (N-methyl/N-ethyl adjacent to an activating group) is 1. The lowest BCUT2D eigenvalue weighted by Crippen LogP contribution is -2.46. The Kier molecular flexibility index (Phi) is 5.45. The maximum Gasteiger partial charge on any atom is 0.172 e. The van der Waals surface area contributed by atoms with Crippen molar-refractivity contribution in [2.75, 3.05) is 20.8 Å². The Bertz CT molecular complexity index is 140. The molecule has 3 heteroatoms. The van der Waals surface area contributed by atoms with Gasteiger partial charge in [0.05, 0.1) is 6.04 Å². The quantitative estimate of drug-likeness (QED) is 0.664. The predicted octanol–water partition coefficient (Wildman–Crippen LogP) is 1.77. The first-order valence-corrected chi connectivity index (χ1v) is 5.62. The standard InChI is InChI=1S/C11H23NO2/c1-4-12-10(11(13-2)14-3)9-7-5-6-8-9/h9-12H,4-8H2,1-3H3. The van der Waals surface area contributed by atoms with E-state index in [1.165, 1.54) is 25.7 Å². The van der Waals surface area contributed by atoms with Crippen molar-refractivity contribution in [2.24, 2.45) is 5.92 Å². The highest BCUT2D eigenvalue weighted by Gasteiger charge is 2.30. The average Bonchev–Trinajstić information content (AvgIpc) is 2.71. The summed E-state index contributed by atoms with van der Waals surface area (Å²) in [6, 6.07) is 0.359. The van der Waals surface area contributed by atoms with Crippen LogP contribution in [0.4, 0.5) is 0 Å². The molecule has 1 saturated carbocycles. The summed E-state index contributed by atoms with van der Waals surface area (Å²) in [7, 11) is 3.43. The summed E-state index contributed by atoms with van der Waals surface area (Å²) in [6.45, 7) is 3.11. The summed E-state index contributed by atoms with van der Waals surface area (Å²) < 4.78 is 10.7. The molecule has 1 aliphatic carbocycles. The molecule has 0 spiro atoms. The van der Waals surface area contributed by atoms with Gasteiger partial charge in [-0.25, -0.2) is 0 Å². The first kappa shape index (κ1) is 12.0. The largest absolute Gasteiger partial charge is 0.354 e. The van der Waals surface area contributed by atoms with Crippen molar-refractivity contribution in [3.8, 4) is 0 Å². The van der Waals surface area contributed by atoms with Crippen LogP contribution in [0, 0.1) is 5.92 Å². The second-order valence-electron chi connectivity index (χ2n) is 3.97. The zero-order valence-corrected chi connectivity index (χ0v) is 9.58. The number of hydrogen-bond donors (Lipinski definition) is 1. The van der Waals surface area contributed by atoms with Crippen LogP contribution in [-0.2, 0) is 9.47 Å². The molecule has 1 N–H and O–H groups in total. The second kappa shape index (κ2) is 6.38. The Labute approximate surface area is 87.2 Å². The van der Waals surface area contributed by atoms with Gasteiger partial charge in [-0.1, -0.05) is 19.8 Å². The average molecular weight is 201 g/mol. The van der Waals surface area contributed by atoms with E-state index in [1.807, 2.05) is 0 Å². The van der Waals surface area contributed by atoms with Gasteiger partial charge in [-0.3, -0.25) is 0 Å². The first-order chi connectivity index (χ1) is 6.83. The maximum atomic E-state index is 5.34. The Morgan fingerprint density at radius 1 is 1.21 bits per heavy atom. The zero-order chi connectivity index (χ0) is 10.4. The van der Waals surface area contributed by atoms with E-state index in [0.717, 1.165) is 12.5 Å². The second-order valence-corrected chi connectivity index (χ2v) is 3.97. The van der Waals surface area contributed by atoms with Crippen LogP contribution in [0.5, 0.6) is 0 Å². The molecule has 0 bridgehead atoms. The number of ether oxygens (including phenoxy) is 2.